The molecule has 0 saturated carbocycles. The second kappa shape index (κ2) is 6.28. The third-order valence-corrected chi connectivity index (χ3v) is 5.48. The zero-order valence-corrected chi connectivity index (χ0v) is 14.2. The van der Waals surface area contributed by atoms with Gasteiger partial charge in [0.2, 0.25) is 0 Å². The van der Waals surface area contributed by atoms with Gasteiger partial charge in [-0.05, 0) is 40.1 Å². The Kier molecular flexibility index (Phi) is 4.87. The van der Waals surface area contributed by atoms with Crippen molar-refractivity contribution in [1.82, 2.24) is 5.32 Å². The standard InChI is InChI=1S/C18H27NS/c1-13(2)18(5,12-19-14(3)4)10-15-11-20-17-9-7-6-8-16(15)17/h6-9,11,13-14,19H,10,12H2,1-5H3. The molecule has 0 spiro atoms. The van der Waals surface area contributed by atoms with Crippen molar-refractivity contribution in [2.75, 3.05) is 6.54 Å². The van der Waals surface area contributed by atoms with Crippen LogP contribution >= 0.6 is 11.3 Å². The van der Waals surface area contributed by atoms with Crippen LogP contribution < -0.4 is 5.32 Å². The molecule has 1 N–H and O–H groups in total. The van der Waals surface area contributed by atoms with Gasteiger partial charge in [0.05, 0.1) is 0 Å². The first-order valence-corrected chi connectivity index (χ1v) is 8.49. The van der Waals surface area contributed by atoms with E-state index < -0.39 is 0 Å². The number of benzene rings is 1. The highest BCUT2D eigenvalue weighted by atomic mass is 32.1. The summed E-state index contributed by atoms with van der Waals surface area (Å²) in [6.45, 7) is 12.6. The van der Waals surface area contributed by atoms with E-state index in [2.05, 4.69) is 69.6 Å². The minimum atomic E-state index is 0.300. The van der Waals surface area contributed by atoms with Gasteiger partial charge in [-0.15, -0.1) is 11.3 Å². The Morgan fingerprint density at radius 3 is 2.50 bits per heavy atom. The van der Waals surface area contributed by atoms with Crippen LogP contribution in [0.15, 0.2) is 29.6 Å². The number of nitrogens with one attached hydrogen (secondary N) is 1. The van der Waals surface area contributed by atoms with E-state index >= 15 is 0 Å². The van der Waals surface area contributed by atoms with Crippen LogP contribution in [0, 0.1) is 11.3 Å². The third-order valence-electron chi connectivity index (χ3n) is 4.46. The summed E-state index contributed by atoms with van der Waals surface area (Å²) in [6, 6.07) is 9.31. The van der Waals surface area contributed by atoms with Crippen LogP contribution in [-0.4, -0.2) is 12.6 Å². The summed E-state index contributed by atoms with van der Waals surface area (Å²) < 4.78 is 1.41. The lowest BCUT2D eigenvalue weighted by Crippen LogP contribution is -2.40. The molecular formula is C18H27NS. The predicted octanol–water partition coefficient (Wildman–Crippen LogP) is 5.10. The molecule has 20 heavy (non-hydrogen) atoms. The zero-order chi connectivity index (χ0) is 14.8. The van der Waals surface area contributed by atoms with Gasteiger partial charge in [0.1, 0.15) is 0 Å². The third kappa shape index (κ3) is 3.42. The Morgan fingerprint density at radius 1 is 1.15 bits per heavy atom. The molecular weight excluding hydrogens is 262 g/mol. The molecule has 0 fully saturated rings. The molecule has 2 heteroatoms. The molecule has 2 aromatic rings. The molecule has 0 amide bonds. The fourth-order valence-corrected chi connectivity index (χ4v) is 3.48. The van der Waals surface area contributed by atoms with Gasteiger partial charge >= 0.3 is 0 Å². The first-order chi connectivity index (χ1) is 9.42. The summed E-state index contributed by atoms with van der Waals surface area (Å²) in [6.07, 6.45) is 1.15. The maximum Gasteiger partial charge on any atom is 0.0345 e. The van der Waals surface area contributed by atoms with Crippen LogP contribution in [0.25, 0.3) is 10.1 Å². The van der Waals surface area contributed by atoms with Crippen molar-refractivity contribution >= 4 is 21.4 Å². The largest absolute Gasteiger partial charge is 0.314 e. The molecule has 0 aliphatic heterocycles. The number of rotatable bonds is 6. The smallest absolute Gasteiger partial charge is 0.0345 e. The minimum absolute atomic E-state index is 0.300. The van der Waals surface area contributed by atoms with Crippen molar-refractivity contribution < 1.29 is 0 Å². The van der Waals surface area contributed by atoms with E-state index in [9.17, 15) is 0 Å². The Balaban J connectivity index is 2.23. The summed E-state index contributed by atoms with van der Waals surface area (Å²) >= 11 is 1.87. The lowest BCUT2D eigenvalue weighted by molar-refractivity contribution is 0.203. The van der Waals surface area contributed by atoms with Crippen molar-refractivity contribution in [1.29, 1.82) is 0 Å². The molecule has 1 aromatic heterocycles. The average molecular weight is 289 g/mol. The van der Waals surface area contributed by atoms with Crippen LogP contribution in [0.2, 0.25) is 0 Å². The Morgan fingerprint density at radius 2 is 1.85 bits per heavy atom. The molecule has 1 nitrogen and oxygen atoms in total. The minimum Gasteiger partial charge on any atom is -0.314 e. The summed E-state index contributed by atoms with van der Waals surface area (Å²) in [5.74, 6) is 0.660. The van der Waals surface area contributed by atoms with Gasteiger partial charge in [0.25, 0.3) is 0 Å². The van der Waals surface area contributed by atoms with Gasteiger partial charge in [0, 0.05) is 17.3 Å². The van der Waals surface area contributed by atoms with Gasteiger partial charge in [-0.3, -0.25) is 0 Å². The highest BCUT2D eigenvalue weighted by Gasteiger charge is 2.29. The highest BCUT2D eigenvalue weighted by molar-refractivity contribution is 7.17. The summed E-state index contributed by atoms with van der Waals surface area (Å²) in [5.41, 5.74) is 1.81. The summed E-state index contributed by atoms with van der Waals surface area (Å²) in [7, 11) is 0. The molecule has 110 valence electrons. The SMILES string of the molecule is CC(C)NCC(C)(Cc1csc2ccccc12)C(C)C. The first-order valence-electron chi connectivity index (χ1n) is 7.61. The Hall–Kier alpha value is -0.860. The molecule has 1 heterocycles. The van der Waals surface area contributed by atoms with Crippen LogP contribution in [0.5, 0.6) is 0 Å². The second-order valence-corrected chi connectivity index (χ2v) is 7.69. The molecule has 2 rings (SSSR count). The number of fused-ring (bicyclic) bond motifs is 1. The number of thiophene rings is 1. The quantitative estimate of drug-likeness (QED) is 0.779. The normalized spacial score (nSPS) is 15.2. The van der Waals surface area contributed by atoms with Gasteiger partial charge in [-0.2, -0.15) is 0 Å². The van der Waals surface area contributed by atoms with Crippen molar-refractivity contribution in [2.45, 2.75) is 47.1 Å². The maximum atomic E-state index is 3.63. The monoisotopic (exact) mass is 289 g/mol. The highest BCUT2D eigenvalue weighted by Crippen LogP contribution is 2.35. The van der Waals surface area contributed by atoms with E-state index in [4.69, 9.17) is 0 Å². The van der Waals surface area contributed by atoms with E-state index in [1.165, 1.54) is 15.6 Å². The summed E-state index contributed by atoms with van der Waals surface area (Å²) in [4.78, 5) is 0. The number of hydrogen-bond acceptors (Lipinski definition) is 2. The zero-order valence-electron chi connectivity index (χ0n) is 13.4. The van der Waals surface area contributed by atoms with Gasteiger partial charge in [-0.25, -0.2) is 0 Å². The van der Waals surface area contributed by atoms with Crippen LogP contribution in [0.1, 0.15) is 40.2 Å². The van der Waals surface area contributed by atoms with Crippen LogP contribution in [0.3, 0.4) is 0 Å². The lowest BCUT2D eigenvalue weighted by atomic mass is 9.74. The molecule has 1 unspecified atom stereocenters. The van der Waals surface area contributed by atoms with Crippen molar-refractivity contribution in [2.24, 2.45) is 11.3 Å². The topological polar surface area (TPSA) is 12.0 Å². The molecule has 0 aliphatic carbocycles. The molecule has 0 saturated heterocycles. The van der Waals surface area contributed by atoms with Crippen LogP contribution in [0.4, 0.5) is 0 Å². The van der Waals surface area contributed by atoms with Gasteiger partial charge in [0.15, 0.2) is 0 Å². The Bertz CT molecular complexity index is 555. The molecule has 1 aromatic carbocycles. The van der Waals surface area contributed by atoms with Gasteiger partial charge in [-0.1, -0.05) is 52.8 Å². The molecule has 0 bridgehead atoms. The van der Waals surface area contributed by atoms with Crippen molar-refractivity contribution in [3.8, 4) is 0 Å². The van der Waals surface area contributed by atoms with E-state index in [-0.39, 0.29) is 0 Å². The number of hydrogen-bond donors (Lipinski definition) is 1. The predicted molar refractivity (Wildman–Crippen MR) is 91.6 cm³/mol. The fourth-order valence-electron chi connectivity index (χ4n) is 2.51. The molecule has 0 radical (unpaired) electrons. The van der Waals surface area contributed by atoms with E-state index in [1.54, 1.807) is 0 Å². The van der Waals surface area contributed by atoms with Crippen molar-refractivity contribution in [3.05, 3.63) is 35.2 Å². The van der Waals surface area contributed by atoms with Crippen molar-refractivity contribution in [3.63, 3.8) is 0 Å². The first kappa shape index (κ1) is 15.5. The molecule has 1 atom stereocenters. The van der Waals surface area contributed by atoms with E-state index in [1.807, 2.05) is 11.3 Å². The lowest BCUT2D eigenvalue weighted by Gasteiger charge is -2.35. The second-order valence-electron chi connectivity index (χ2n) is 6.78. The Labute approximate surface area is 127 Å². The maximum absolute atomic E-state index is 3.63. The van der Waals surface area contributed by atoms with E-state index in [0.717, 1.165) is 13.0 Å². The average Bonchev–Trinajstić information content (AvgIpc) is 2.80. The summed E-state index contributed by atoms with van der Waals surface area (Å²) in [5, 5.41) is 7.42. The molecule has 0 aliphatic rings. The van der Waals surface area contributed by atoms with Crippen LogP contribution in [-0.2, 0) is 6.42 Å². The fraction of sp³-hybridized carbons (Fsp3) is 0.556. The van der Waals surface area contributed by atoms with Gasteiger partial charge < -0.3 is 5.32 Å². The van der Waals surface area contributed by atoms with E-state index in [0.29, 0.717) is 17.4 Å².